The molecule has 0 heterocycles. The molecule has 0 aromatic heterocycles. The molecule has 0 unspecified atom stereocenters. The topological polar surface area (TPSA) is 169 Å². The second-order valence-electron chi connectivity index (χ2n) is 7.38. The van der Waals surface area contributed by atoms with Gasteiger partial charge in [-0.25, -0.2) is 4.79 Å². The molecule has 0 bridgehead atoms. The SMILES string of the molecule is CS(=O)(=O)OCCOc1ccc(-c2ccccc2C(=O)O)c(C(=O)Nc2ccc(C(=N)N)cc2)c1. The maximum atomic E-state index is 13.2. The maximum absolute atomic E-state index is 13.2. The van der Waals surface area contributed by atoms with E-state index in [-0.39, 0.29) is 35.9 Å². The summed E-state index contributed by atoms with van der Waals surface area (Å²) < 4.78 is 32.4. The van der Waals surface area contributed by atoms with Gasteiger partial charge in [0.25, 0.3) is 16.0 Å². The van der Waals surface area contributed by atoms with Gasteiger partial charge in [0.15, 0.2) is 0 Å². The lowest BCUT2D eigenvalue weighted by Crippen LogP contribution is -2.15. The fourth-order valence-electron chi connectivity index (χ4n) is 3.22. The first-order valence-electron chi connectivity index (χ1n) is 10.2. The predicted octanol–water partition coefficient (Wildman–Crippen LogP) is 2.94. The smallest absolute Gasteiger partial charge is 0.336 e. The zero-order chi connectivity index (χ0) is 25.6. The molecule has 35 heavy (non-hydrogen) atoms. The van der Waals surface area contributed by atoms with Crippen LogP contribution < -0.4 is 15.8 Å². The third kappa shape index (κ3) is 6.88. The lowest BCUT2D eigenvalue weighted by Gasteiger charge is -2.15. The highest BCUT2D eigenvalue weighted by Gasteiger charge is 2.19. The van der Waals surface area contributed by atoms with E-state index in [1.807, 2.05) is 0 Å². The molecule has 3 rings (SSSR count). The summed E-state index contributed by atoms with van der Waals surface area (Å²) in [6.45, 7) is -0.307. The van der Waals surface area contributed by atoms with E-state index in [0.29, 0.717) is 22.4 Å². The molecule has 0 aliphatic rings. The Labute approximate surface area is 201 Å². The fourth-order valence-corrected chi connectivity index (χ4v) is 3.59. The Morgan fingerprint density at radius 3 is 2.26 bits per heavy atom. The molecule has 3 aromatic rings. The van der Waals surface area contributed by atoms with Gasteiger partial charge in [0.05, 0.1) is 17.4 Å². The van der Waals surface area contributed by atoms with E-state index in [2.05, 4.69) is 9.50 Å². The number of amidine groups is 1. The molecular weight excluding hydrogens is 474 g/mol. The second-order valence-corrected chi connectivity index (χ2v) is 9.02. The molecule has 0 radical (unpaired) electrons. The van der Waals surface area contributed by atoms with Crippen LogP contribution in [0.2, 0.25) is 0 Å². The molecule has 1 amide bonds. The van der Waals surface area contributed by atoms with E-state index in [1.165, 1.54) is 12.1 Å². The summed E-state index contributed by atoms with van der Waals surface area (Å²) in [6, 6.07) is 17.2. The van der Waals surface area contributed by atoms with Gasteiger partial charge in [-0.3, -0.25) is 14.4 Å². The van der Waals surface area contributed by atoms with Crippen molar-refractivity contribution in [2.24, 2.45) is 5.73 Å². The van der Waals surface area contributed by atoms with Crippen molar-refractivity contribution in [2.75, 3.05) is 24.8 Å². The zero-order valence-electron chi connectivity index (χ0n) is 18.6. The van der Waals surface area contributed by atoms with Crippen molar-refractivity contribution >= 4 is 33.5 Å². The Kier molecular flexibility index (Phi) is 7.84. The van der Waals surface area contributed by atoms with Gasteiger partial charge in [-0.1, -0.05) is 18.2 Å². The Morgan fingerprint density at radius 1 is 0.971 bits per heavy atom. The maximum Gasteiger partial charge on any atom is 0.336 e. The minimum atomic E-state index is -3.62. The Hall–Kier alpha value is -4.22. The van der Waals surface area contributed by atoms with Crippen LogP contribution in [0.5, 0.6) is 5.75 Å². The lowest BCUT2D eigenvalue weighted by atomic mass is 9.94. The summed E-state index contributed by atoms with van der Waals surface area (Å²) in [5.41, 5.74) is 7.24. The Balaban J connectivity index is 1.95. The molecule has 0 atom stereocenters. The zero-order valence-corrected chi connectivity index (χ0v) is 19.5. The van der Waals surface area contributed by atoms with Crippen molar-refractivity contribution in [1.82, 2.24) is 0 Å². The number of amides is 1. The number of rotatable bonds is 10. The first-order chi connectivity index (χ1) is 16.5. The highest BCUT2D eigenvalue weighted by molar-refractivity contribution is 7.85. The Bertz CT molecular complexity index is 1370. The molecule has 3 aromatic carbocycles. The van der Waals surface area contributed by atoms with Crippen LogP contribution in [0, 0.1) is 5.41 Å². The van der Waals surface area contributed by atoms with Crippen LogP contribution in [0.4, 0.5) is 5.69 Å². The van der Waals surface area contributed by atoms with E-state index >= 15 is 0 Å². The largest absolute Gasteiger partial charge is 0.491 e. The number of nitrogens with one attached hydrogen (secondary N) is 2. The number of carbonyl (C=O) groups excluding carboxylic acids is 1. The number of carbonyl (C=O) groups is 2. The van der Waals surface area contributed by atoms with E-state index < -0.39 is 22.0 Å². The monoisotopic (exact) mass is 497 g/mol. The van der Waals surface area contributed by atoms with Crippen LogP contribution in [0.3, 0.4) is 0 Å². The number of benzene rings is 3. The molecule has 11 heteroatoms. The average molecular weight is 498 g/mol. The van der Waals surface area contributed by atoms with Crippen LogP contribution in [-0.2, 0) is 14.3 Å². The van der Waals surface area contributed by atoms with Gasteiger partial charge in [-0.15, -0.1) is 0 Å². The predicted molar refractivity (Wildman–Crippen MR) is 131 cm³/mol. The minimum absolute atomic E-state index is 0.0163. The number of nitrogen functional groups attached to an aromatic ring is 1. The summed E-state index contributed by atoms with van der Waals surface area (Å²) >= 11 is 0. The summed E-state index contributed by atoms with van der Waals surface area (Å²) in [7, 11) is -3.62. The second kappa shape index (κ2) is 10.8. The number of aromatic carboxylic acids is 1. The number of hydrogen-bond acceptors (Lipinski definition) is 7. The van der Waals surface area contributed by atoms with Crippen molar-refractivity contribution in [3.05, 3.63) is 83.4 Å². The van der Waals surface area contributed by atoms with Gasteiger partial charge in [-0.05, 0) is 59.7 Å². The molecule has 0 aliphatic heterocycles. The average Bonchev–Trinajstić information content (AvgIpc) is 2.81. The third-order valence-electron chi connectivity index (χ3n) is 4.79. The number of anilines is 1. The van der Waals surface area contributed by atoms with Crippen molar-refractivity contribution in [1.29, 1.82) is 5.41 Å². The van der Waals surface area contributed by atoms with Crippen molar-refractivity contribution < 1.29 is 32.0 Å². The normalized spacial score (nSPS) is 11.0. The fraction of sp³-hybridized carbons (Fsp3) is 0.125. The minimum Gasteiger partial charge on any atom is -0.491 e. The van der Waals surface area contributed by atoms with Gasteiger partial charge in [0.2, 0.25) is 0 Å². The number of ether oxygens (including phenoxy) is 1. The molecular formula is C24H23N3O7S. The number of carboxylic acid groups (broad SMARTS) is 1. The van der Waals surface area contributed by atoms with E-state index in [9.17, 15) is 23.1 Å². The molecule has 0 saturated heterocycles. The van der Waals surface area contributed by atoms with Crippen LogP contribution in [0.1, 0.15) is 26.3 Å². The van der Waals surface area contributed by atoms with Crippen LogP contribution >= 0.6 is 0 Å². The summed E-state index contributed by atoms with van der Waals surface area (Å²) in [5.74, 6) is -1.53. The molecule has 182 valence electrons. The van der Waals surface area contributed by atoms with Crippen molar-refractivity contribution in [2.45, 2.75) is 0 Å². The molecule has 0 aliphatic carbocycles. The number of nitrogens with two attached hydrogens (primary N) is 1. The molecule has 0 saturated carbocycles. The quantitative estimate of drug-likeness (QED) is 0.143. The van der Waals surface area contributed by atoms with Crippen molar-refractivity contribution in [3.63, 3.8) is 0 Å². The van der Waals surface area contributed by atoms with Gasteiger partial charge < -0.3 is 20.9 Å². The third-order valence-corrected chi connectivity index (χ3v) is 5.38. The van der Waals surface area contributed by atoms with Gasteiger partial charge in [0.1, 0.15) is 24.8 Å². The molecule has 0 fully saturated rings. The molecule has 5 N–H and O–H groups in total. The first kappa shape index (κ1) is 25.4. The van der Waals surface area contributed by atoms with E-state index in [1.54, 1.807) is 54.6 Å². The number of hydrogen-bond donors (Lipinski definition) is 4. The highest BCUT2D eigenvalue weighted by Crippen LogP contribution is 2.31. The van der Waals surface area contributed by atoms with Crippen molar-refractivity contribution in [3.8, 4) is 16.9 Å². The van der Waals surface area contributed by atoms with Crippen LogP contribution in [-0.4, -0.2) is 50.7 Å². The number of carboxylic acids is 1. The van der Waals surface area contributed by atoms with E-state index in [0.717, 1.165) is 6.26 Å². The Morgan fingerprint density at radius 2 is 1.63 bits per heavy atom. The summed E-state index contributed by atoms with van der Waals surface area (Å²) in [4.78, 5) is 25.0. The van der Waals surface area contributed by atoms with E-state index in [4.69, 9.17) is 15.9 Å². The standard InChI is InChI=1S/C24H23N3O7S/c1-35(31,32)34-13-12-33-17-10-11-19(18-4-2-3-5-20(18)24(29)30)21(14-17)23(28)27-16-8-6-15(7-9-16)22(25)26/h2-11,14H,12-13H2,1H3,(H3,25,26)(H,27,28)(H,29,30). The van der Waals surface area contributed by atoms with Gasteiger partial charge in [-0.2, -0.15) is 8.42 Å². The van der Waals surface area contributed by atoms with Crippen LogP contribution in [0.15, 0.2) is 66.7 Å². The van der Waals surface area contributed by atoms with Gasteiger partial charge in [0, 0.05) is 11.3 Å². The van der Waals surface area contributed by atoms with Crippen LogP contribution in [0.25, 0.3) is 11.1 Å². The summed E-state index contributed by atoms with van der Waals surface area (Å²) in [5, 5.41) is 19.8. The summed E-state index contributed by atoms with van der Waals surface area (Å²) in [6.07, 6.45) is 0.924. The molecule has 0 spiro atoms. The first-order valence-corrected chi connectivity index (χ1v) is 12.1. The molecule has 10 nitrogen and oxygen atoms in total. The van der Waals surface area contributed by atoms with Gasteiger partial charge >= 0.3 is 5.97 Å². The highest BCUT2D eigenvalue weighted by atomic mass is 32.2. The lowest BCUT2D eigenvalue weighted by molar-refractivity contribution is 0.0697.